The molecule has 0 heterocycles. The van der Waals surface area contributed by atoms with Gasteiger partial charge in [-0.3, -0.25) is 0 Å². The third-order valence-electron chi connectivity index (χ3n) is 2.64. The van der Waals surface area contributed by atoms with Gasteiger partial charge in [0.1, 0.15) is 7.85 Å². The van der Waals surface area contributed by atoms with E-state index in [1.807, 2.05) is 12.1 Å². The molecule has 19 heavy (non-hydrogen) atoms. The van der Waals surface area contributed by atoms with Crippen LogP contribution in [0.4, 0.5) is 17.1 Å². The molecule has 2 radical (unpaired) electrons. The number of carbonyl (C=O) groups is 1. The molecule has 0 atom stereocenters. The molecule has 0 saturated heterocycles. The predicted octanol–water partition coefficient (Wildman–Crippen LogP) is 1.59. The van der Waals surface area contributed by atoms with Crippen LogP contribution in [0.1, 0.15) is 10.4 Å². The number of methoxy groups -OCH3 is 1. The van der Waals surface area contributed by atoms with Crippen LogP contribution in [-0.4, -0.2) is 20.9 Å². The van der Waals surface area contributed by atoms with Gasteiger partial charge in [0.05, 0.1) is 24.0 Å². The maximum atomic E-state index is 11.4. The number of rotatable bonds is 3. The molecule has 0 aromatic heterocycles. The minimum Gasteiger partial charge on any atom is -0.465 e. The van der Waals surface area contributed by atoms with E-state index >= 15 is 0 Å². The molecule has 2 aromatic carbocycles. The molecule has 0 amide bonds. The minimum absolute atomic E-state index is 0.415. The van der Waals surface area contributed by atoms with Crippen molar-refractivity contribution < 1.29 is 9.53 Å². The number of nitrogens with one attached hydrogen (secondary N) is 1. The van der Waals surface area contributed by atoms with Gasteiger partial charge in [0.25, 0.3) is 0 Å². The monoisotopic (exact) mass is 252 g/mol. The number of nitrogens with two attached hydrogens (primary N) is 1. The van der Waals surface area contributed by atoms with Crippen LogP contribution >= 0.6 is 0 Å². The van der Waals surface area contributed by atoms with Crippen LogP contribution in [0.15, 0.2) is 42.5 Å². The van der Waals surface area contributed by atoms with E-state index in [1.165, 1.54) is 7.11 Å². The summed E-state index contributed by atoms with van der Waals surface area (Å²) in [6, 6.07) is 12.3. The summed E-state index contributed by atoms with van der Waals surface area (Å²) < 4.78 is 4.63. The number of hydrogen-bond acceptors (Lipinski definition) is 4. The molecule has 0 bridgehead atoms. The third kappa shape index (κ3) is 3.07. The number of benzene rings is 2. The zero-order chi connectivity index (χ0) is 13.8. The molecule has 0 unspecified atom stereocenters. The Balaban J connectivity index is 2.24. The van der Waals surface area contributed by atoms with Crippen molar-refractivity contribution in [3.05, 3.63) is 48.0 Å². The number of anilines is 3. The lowest BCUT2D eigenvalue weighted by Crippen LogP contribution is -2.05. The number of hydrogen-bond donors (Lipinski definition) is 2. The summed E-state index contributed by atoms with van der Waals surface area (Å²) in [7, 11) is 7.03. The van der Waals surface area contributed by atoms with Crippen LogP contribution in [0.2, 0.25) is 0 Å². The lowest BCUT2D eigenvalue weighted by atomic mass is 9.96. The van der Waals surface area contributed by atoms with Crippen molar-refractivity contribution in [2.75, 3.05) is 18.2 Å². The van der Waals surface area contributed by atoms with Gasteiger partial charge in [-0.15, -0.1) is 0 Å². The highest BCUT2D eigenvalue weighted by molar-refractivity contribution is 6.32. The molecule has 0 saturated carbocycles. The highest BCUT2D eigenvalue weighted by atomic mass is 16.5. The predicted molar refractivity (Wildman–Crippen MR) is 77.3 cm³/mol. The first-order valence-electron chi connectivity index (χ1n) is 5.70. The summed E-state index contributed by atoms with van der Waals surface area (Å²) in [6.07, 6.45) is 0. The molecule has 0 spiro atoms. The van der Waals surface area contributed by atoms with Crippen LogP contribution in [0.3, 0.4) is 0 Å². The summed E-state index contributed by atoms with van der Waals surface area (Å²) in [4.78, 5) is 11.4. The zero-order valence-corrected chi connectivity index (χ0v) is 10.5. The quantitative estimate of drug-likeness (QED) is 0.494. The summed E-state index contributed by atoms with van der Waals surface area (Å²) in [5.74, 6) is -0.415. The molecule has 4 nitrogen and oxygen atoms in total. The SMILES string of the molecule is [B]c1cccc(Nc2ccc(C(=O)OC)cc2N)c1. The Hall–Kier alpha value is -2.43. The van der Waals surface area contributed by atoms with E-state index in [-0.39, 0.29) is 0 Å². The third-order valence-corrected chi connectivity index (χ3v) is 2.64. The molecule has 0 aliphatic heterocycles. The second-order valence-electron chi connectivity index (χ2n) is 4.04. The average Bonchev–Trinajstić information content (AvgIpc) is 2.40. The van der Waals surface area contributed by atoms with E-state index in [1.54, 1.807) is 30.3 Å². The number of carbonyl (C=O) groups excluding carboxylic acids is 1. The number of nitrogen functional groups attached to an aromatic ring is 1. The second kappa shape index (κ2) is 5.48. The first kappa shape index (κ1) is 13.0. The topological polar surface area (TPSA) is 64.3 Å². The van der Waals surface area contributed by atoms with E-state index < -0.39 is 5.97 Å². The van der Waals surface area contributed by atoms with Gasteiger partial charge in [0.2, 0.25) is 0 Å². The van der Waals surface area contributed by atoms with Crippen molar-refractivity contribution in [3.8, 4) is 0 Å². The molecule has 5 heteroatoms. The maximum absolute atomic E-state index is 11.4. The van der Waals surface area contributed by atoms with Crippen molar-refractivity contribution in [2.24, 2.45) is 0 Å². The lowest BCUT2D eigenvalue weighted by molar-refractivity contribution is 0.0601. The summed E-state index contributed by atoms with van der Waals surface area (Å²) in [6.45, 7) is 0. The average molecular weight is 252 g/mol. The molecular formula is C14H13BN2O2. The van der Waals surface area contributed by atoms with Crippen LogP contribution in [0.5, 0.6) is 0 Å². The van der Waals surface area contributed by atoms with Crippen molar-refractivity contribution >= 4 is 36.3 Å². The largest absolute Gasteiger partial charge is 0.465 e. The Morgan fingerprint density at radius 1 is 1.26 bits per heavy atom. The Bertz CT molecular complexity index is 614. The first-order valence-corrected chi connectivity index (χ1v) is 5.70. The molecule has 2 rings (SSSR count). The lowest BCUT2D eigenvalue weighted by Gasteiger charge is -2.11. The fourth-order valence-electron chi connectivity index (χ4n) is 1.69. The Morgan fingerprint density at radius 3 is 2.68 bits per heavy atom. The Morgan fingerprint density at radius 2 is 2.05 bits per heavy atom. The van der Waals surface area contributed by atoms with Crippen LogP contribution in [-0.2, 0) is 4.74 Å². The molecule has 0 fully saturated rings. The van der Waals surface area contributed by atoms with Gasteiger partial charge in [-0.2, -0.15) is 0 Å². The molecule has 0 aliphatic rings. The zero-order valence-electron chi connectivity index (χ0n) is 10.5. The minimum atomic E-state index is -0.415. The van der Waals surface area contributed by atoms with Gasteiger partial charge in [-0.1, -0.05) is 17.6 Å². The Labute approximate surface area is 113 Å². The van der Waals surface area contributed by atoms with Crippen LogP contribution < -0.4 is 16.5 Å². The standard InChI is InChI=1S/C14H13BN2O2/c1-19-14(18)9-5-6-13(12(16)7-9)17-11-4-2-3-10(15)8-11/h2-8,17H,16H2,1H3. The van der Waals surface area contributed by atoms with Gasteiger partial charge in [0.15, 0.2) is 0 Å². The van der Waals surface area contributed by atoms with E-state index in [0.717, 1.165) is 5.69 Å². The fourth-order valence-corrected chi connectivity index (χ4v) is 1.69. The van der Waals surface area contributed by atoms with Crippen molar-refractivity contribution in [2.45, 2.75) is 0 Å². The molecule has 3 N–H and O–H groups in total. The van der Waals surface area contributed by atoms with Crippen LogP contribution in [0.25, 0.3) is 0 Å². The highest BCUT2D eigenvalue weighted by Crippen LogP contribution is 2.24. The van der Waals surface area contributed by atoms with E-state index in [0.29, 0.717) is 22.4 Å². The van der Waals surface area contributed by atoms with Gasteiger partial charge in [0, 0.05) is 5.69 Å². The van der Waals surface area contributed by atoms with E-state index in [2.05, 4.69) is 10.1 Å². The Kier molecular flexibility index (Phi) is 3.75. The molecule has 94 valence electrons. The van der Waals surface area contributed by atoms with Crippen molar-refractivity contribution in [3.63, 3.8) is 0 Å². The summed E-state index contributed by atoms with van der Waals surface area (Å²) in [5, 5.41) is 3.14. The van der Waals surface area contributed by atoms with Gasteiger partial charge < -0.3 is 15.8 Å². The van der Waals surface area contributed by atoms with Gasteiger partial charge in [-0.05, 0) is 30.3 Å². The van der Waals surface area contributed by atoms with Crippen molar-refractivity contribution in [1.29, 1.82) is 0 Å². The summed E-state index contributed by atoms with van der Waals surface area (Å²) >= 11 is 0. The molecular weight excluding hydrogens is 239 g/mol. The number of esters is 1. The molecule has 2 aromatic rings. The smallest absolute Gasteiger partial charge is 0.337 e. The van der Waals surface area contributed by atoms with Crippen LogP contribution in [0, 0.1) is 0 Å². The number of ether oxygens (including phenoxy) is 1. The van der Waals surface area contributed by atoms with Gasteiger partial charge in [-0.25, -0.2) is 4.79 Å². The van der Waals surface area contributed by atoms with E-state index in [9.17, 15) is 4.79 Å². The highest BCUT2D eigenvalue weighted by Gasteiger charge is 2.08. The van der Waals surface area contributed by atoms with Crippen molar-refractivity contribution in [1.82, 2.24) is 0 Å². The normalized spacial score (nSPS) is 9.95. The fraction of sp³-hybridized carbons (Fsp3) is 0.0714. The first-order chi connectivity index (χ1) is 9.10. The van der Waals surface area contributed by atoms with E-state index in [4.69, 9.17) is 13.6 Å². The molecule has 0 aliphatic carbocycles. The maximum Gasteiger partial charge on any atom is 0.337 e. The second-order valence-corrected chi connectivity index (χ2v) is 4.04. The summed E-state index contributed by atoms with van der Waals surface area (Å²) in [5.41, 5.74) is 8.98. The van der Waals surface area contributed by atoms with Gasteiger partial charge >= 0.3 is 5.97 Å².